The maximum atomic E-state index is 13.3. The highest BCUT2D eigenvalue weighted by molar-refractivity contribution is 8.04. The Morgan fingerprint density at radius 1 is 1.00 bits per heavy atom. The van der Waals surface area contributed by atoms with Crippen molar-refractivity contribution >= 4 is 40.8 Å². The van der Waals surface area contributed by atoms with Crippen molar-refractivity contribution in [3.05, 3.63) is 94.1 Å². The lowest BCUT2D eigenvalue weighted by molar-refractivity contribution is -0.137. The largest absolute Gasteiger partial charge is 0.494 e. The Kier molecular flexibility index (Phi) is 6.39. The van der Waals surface area contributed by atoms with Crippen molar-refractivity contribution < 1.29 is 14.3 Å². The van der Waals surface area contributed by atoms with Crippen LogP contribution in [-0.2, 0) is 16.1 Å². The van der Waals surface area contributed by atoms with Crippen molar-refractivity contribution in [2.75, 3.05) is 6.61 Å². The third kappa shape index (κ3) is 4.65. The summed E-state index contributed by atoms with van der Waals surface area (Å²) >= 11 is 7.26. The van der Waals surface area contributed by atoms with Crippen LogP contribution < -0.4 is 4.74 Å². The van der Waals surface area contributed by atoms with E-state index >= 15 is 0 Å². The van der Waals surface area contributed by atoms with Crippen LogP contribution in [0.3, 0.4) is 0 Å². The molecule has 5 nitrogen and oxygen atoms in total. The van der Waals surface area contributed by atoms with Gasteiger partial charge in [-0.05, 0) is 60.5 Å². The average Bonchev–Trinajstić information content (AvgIpc) is 3.01. The van der Waals surface area contributed by atoms with Gasteiger partial charge in [-0.15, -0.1) is 0 Å². The fourth-order valence-corrected chi connectivity index (χ4v) is 4.36. The van der Waals surface area contributed by atoms with Gasteiger partial charge >= 0.3 is 0 Å². The van der Waals surface area contributed by atoms with Crippen molar-refractivity contribution in [3.8, 4) is 5.75 Å². The van der Waals surface area contributed by atoms with Gasteiger partial charge in [0.05, 0.1) is 23.6 Å². The zero-order valence-electron chi connectivity index (χ0n) is 16.7. The number of halogens is 1. The molecule has 0 atom stereocenters. The lowest BCUT2D eigenvalue weighted by Crippen LogP contribution is -2.30. The van der Waals surface area contributed by atoms with Gasteiger partial charge in [0.15, 0.2) is 0 Å². The standard InChI is InChI=1S/C24H19ClN2O3S/c1-2-30-19-9-5-17(6-10-19)21-22(31-20-11-7-18(25)8-12-20)24(29)27(23(21)28)15-16-4-3-13-26-14-16/h3-14H,2,15H2,1H3. The first-order valence-corrected chi connectivity index (χ1v) is 10.9. The summed E-state index contributed by atoms with van der Waals surface area (Å²) in [5.74, 6) is 0.0647. The molecule has 0 saturated carbocycles. The Bertz CT molecular complexity index is 1130. The summed E-state index contributed by atoms with van der Waals surface area (Å²) in [6, 6.07) is 18.0. The number of carbonyl (C=O) groups is 2. The molecule has 2 aromatic carbocycles. The summed E-state index contributed by atoms with van der Waals surface area (Å²) in [5.41, 5.74) is 1.84. The lowest BCUT2D eigenvalue weighted by atomic mass is 10.1. The van der Waals surface area contributed by atoms with Crippen molar-refractivity contribution in [3.63, 3.8) is 0 Å². The minimum Gasteiger partial charge on any atom is -0.494 e. The summed E-state index contributed by atoms with van der Waals surface area (Å²) in [7, 11) is 0. The minimum absolute atomic E-state index is 0.163. The van der Waals surface area contributed by atoms with Crippen LogP contribution in [0.15, 0.2) is 82.9 Å². The predicted molar refractivity (Wildman–Crippen MR) is 122 cm³/mol. The molecule has 4 rings (SSSR count). The van der Waals surface area contributed by atoms with Crippen molar-refractivity contribution in [1.29, 1.82) is 0 Å². The van der Waals surface area contributed by atoms with E-state index in [1.54, 1.807) is 42.7 Å². The van der Waals surface area contributed by atoms with Crippen LogP contribution in [-0.4, -0.2) is 28.3 Å². The first kappa shape index (κ1) is 21.2. The Morgan fingerprint density at radius 3 is 2.39 bits per heavy atom. The monoisotopic (exact) mass is 450 g/mol. The molecule has 0 aliphatic carbocycles. The smallest absolute Gasteiger partial charge is 0.268 e. The highest BCUT2D eigenvalue weighted by Gasteiger charge is 2.39. The van der Waals surface area contributed by atoms with Gasteiger partial charge in [0.2, 0.25) is 0 Å². The number of carbonyl (C=O) groups excluding carboxylic acids is 2. The second kappa shape index (κ2) is 9.37. The van der Waals surface area contributed by atoms with Gasteiger partial charge in [0.1, 0.15) is 5.75 Å². The van der Waals surface area contributed by atoms with E-state index in [1.807, 2.05) is 37.3 Å². The number of aromatic nitrogens is 1. The number of hydrogen-bond acceptors (Lipinski definition) is 5. The fourth-order valence-electron chi connectivity index (χ4n) is 3.23. The third-order valence-electron chi connectivity index (χ3n) is 4.68. The van der Waals surface area contributed by atoms with Crippen LogP contribution in [0, 0.1) is 0 Å². The summed E-state index contributed by atoms with van der Waals surface area (Å²) < 4.78 is 5.50. The van der Waals surface area contributed by atoms with Gasteiger partial charge in [-0.25, -0.2) is 0 Å². The van der Waals surface area contributed by atoms with Gasteiger partial charge in [0, 0.05) is 22.3 Å². The number of thioether (sulfide) groups is 1. The first-order valence-electron chi connectivity index (χ1n) is 9.73. The second-order valence-electron chi connectivity index (χ2n) is 6.78. The Morgan fingerprint density at radius 2 is 1.74 bits per heavy atom. The molecule has 7 heteroatoms. The van der Waals surface area contributed by atoms with E-state index in [-0.39, 0.29) is 18.4 Å². The summed E-state index contributed by atoms with van der Waals surface area (Å²) in [6.07, 6.45) is 3.31. The normalized spacial score (nSPS) is 13.8. The number of imide groups is 1. The van der Waals surface area contributed by atoms with E-state index in [0.29, 0.717) is 33.4 Å². The molecule has 2 amide bonds. The predicted octanol–water partition coefficient (Wildman–Crippen LogP) is 5.21. The summed E-state index contributed by atoms with van der Waals surface area (Å²) in [5, 5.41) is 0.608. The summed E-state index contributed by atoms with van der Waals surface area (Å²) in [4.78, 5) is 33.2. The van der Waals surface area contributed by atoms with E-state index in [0.717, 1.165) is 10.5 Å². The van der Waals surface area contributed by atoms with Gasteiger partial charge in [-0.2, -0.15) is 0 Å². The Hall–Kier alpha value is -3.09. The van der Waals surface area contributed by atoms with Gasteiger partial charge < -0.3 is 4.74 Å². The molecule has 2 heterocycles. The van der Waals surface area contributed by atoms with Crippen LogP contribution >= 0.6 is 23.4 Å². The van der Waals surface area contributed by atoms with Crippen LogP contribution in [0.4, 0.5) is 0 Å². The second-order valence-corrected chi connectivity index (χ2v) is 8.30. The molecule has 0 N–H and O–H groups in total. The molecule has 0 radical (unpaired) electrons. The number of hydrogen-bond donors (Lipinski definition) is 0. The van der Waals surface area contributed by atoms with Crippen molar-refractivity contribution in [1.82, 2.24) is 9.88 Å². The lowest BCUT2D eigenvalue weighted by Gasteiger charge is -2.15. The molecule has 1 aliphatic rings. The van der Waals surface area contributed by atoms with Crippen molar-refractivity contribution in [2.45, 2.75) is 18.4 Å². The van der Waals surface area contributed by atoms with E-state index in [9.17, 15) is 9.59 Å². The number of amides is 2. The topological polar surface area (TPSA) is 59.5 Å². The number of ether oxygens (including phenoxy) is 1. The number of pyridine rings is 1. The third-order valence-corrected chi connectivity index (χ3v) is 6.02. The van der Waals surface area contributed by atoms with E-state index in [4.69, 9.17) is 16.3 Å². The molecule has 0 fully saturated rings. The number of benzene rings is 2. The van der Waals surface area contributed by atoms with Gasteiger partial charge in [-0.3, -0.25) is 19.5 Å². The SMILES string of the molecule is CCOc1ccc(C2=C(Sc3ccc(Cl)cc3)C(=O)N(Cc3cccnc3)C2=O)cc1. The molecule has 3 aromatic rings. The molecule has 0 saturated heterocycles. The van der Waals surface area contributed by atoms with Crippen LogP contribution in [0.2, 0.25) is 5.02 Å². The Balaban J connectivity index is 1.71. The molecule has 156 valence electrons. The molecule has 1 aliphatic heterocycles. The zero-order valence-corrected chi connectivity index (χ0v) is 18.3. The molecular weight excluding hydrogens is 432 g/mol. The number of rotatable bonds is 7. The molecule has 31 heavy (non-hydrogen) atoms. The maximum absolute atomic E-state index is 13.3. The summed E-state index contributed by atoms with van der Waals surface area (Å²) in [6.45, 7) is 2.62. The van der Waals surface area contributed by atoms with Crippen LogP contribution in [0.5, 0.6) is 5.75 Å². The number of nitrogens with zero attached hydrogens (tertiary/aromatic N) is 2. The van der Waals surface area contributed by atoms with E-state index in [1.165, 1.54) is 16.7 Å². The molecule has 0 bridgehead atoms. The van der Waals surface area contributed by atoms with Crippen molar-refractivity contribution in [2.24, 2.45) is 0 Å². The molecule has 0 spiro atoms. The van der Waals surface area contributed by atoms with E-state index < -0.39 is 0 Å². The average molecular weight is 451 g/mol. The highest BCUT2D eigenvalue weighted by atomic mass is 35.5. The van der Waals surface area contributed by atoms with E-state index in [2.05, 4.69) is 4.98 Å². The Labute approximate surface area is 189 Å². The fraction of sp³-hybridized carbons (Fsp3) is 0.125. The van der Waals surface area contributed by atoms with Crippen LogP contribution in [0.1, 0.15) is 18.1 Å². The van der Waals surface area contributed by atoms with Gasteiger partial charge in [0.25, 0.3) is 11.8 Å². The molecule has 0 unspecified atom stereocenters. The minimum atomic E-state index is -0.325. The first-order chi connectivity index (χ1) is 15.1. The molecular formula is C24H19ClN2O3S. The zero-order chi connectivity index (χ0) is 21.8. The maximum Gasteiger partial charge on any atom is 0.268 e. The van der Waals surface area contributed by atoms with Crippen LogP contribution in [0.25, 0.3) is 5.57 Å². The quantitative estimate of drug-likeness (QED) is 0.462. The highest BCUT2D eigenvalue weighted by Crippen LogP contribution is 2.40. The molecule has 1 aromatic heterocycles. The van der Waals surface area contributed by atoms with Gasteiger partial charge in [-0.1, -0.05) is 41.6 Å².